The van der Waals surface area contributed by atoms with Gasteiger partial charge in [-0.3, -0.25) is 0 Å². The molecule has 6 heteroatoms. The average Bonchev–Trinajstić information content (AvgIpc) is 3.42. The maximum absolute atomic E-state index is 5.21. The molecule has 6 nitrogen and oxygen atoms in total. The van der Waals surface area contributed by atoms with Crippen LogP contribution in [0.1, 0.15) is 140 Å². The third kappa shape index (κ3) is 6.84. The molecule has 0 atom stereocenters. The van der Waals surface area contributed by atoms with Crippen LogP contribution in [0.25, 0.3) is 0 Å². The second kappa shape index (κ2) is 13.9. The van der Waals surface area contributed by atoms with Crippen LogP contribution in [-0.2, 0) is 51.9 Å². The van der Waals surface area contributed by atoms with Gasteiger partial charge in [0, 0.05) is 25.7 Å². The molecular formula is C31H56N6+2. The lowest BCUT2D eigenvalue weighted by Gasteiger charge is -2.34. The molecule has 0 N–H and O–H groups in total. The Morgan fingerprint density at radius 3 is 1.43 bits per heavy atom. The van der Waals surface area contributed by atoms with E-state index in [1.165, 1.54) is 116 Å². The molecule has 4 rings (SSSR count). The number of nitrogens with zero attached hydrogens (tertiary/aromatic N) is 6. The van der Waals surface area contributed by atoms with Gasteiger partial charge in [0.05, 0.1) is 15.8 Å². The Balaban J connectivity index is 1.51. The fourth-order valence-electron chi connectivity index (χ4n) is 6.73. The van der Waals surface area contributed by atoms with E-state index in [1.54, 1.807) is 22.8 Å². The molecule has 1 spiro atoms. The standard InChI is InChI=1S/C31H56N6/c1-5-9-13-15-17-27-29-19-21-31(25-36(29)32-34(27)23-11-7-3)22-20-30-28(18-16-14-10-6-2)35(24-12-8-4)33-37(30)26-31/h5-26H2,1-4H3/q+2. The second-order valence-corrected chi connectivity index (χ2v) is 12.2. The molecule has 2 aliphatic rings. The highest BCUT2D eigenvalue weighted by atomic mass is 15.5. The predicted octanol–water partition coefficient (Wildman–Crippen LogP) is 6.08. The minimum Gasteiger partial charge on any atom is -0.134 e. The number of unbranched alkanes of at least 4 members (excludes halogenated alkanes) is 8. The molecule has 0 saturated carbocycles. The molecule has 0 fully saturated rings. The zero-order valence-corrected chi connectivity index (χ0v) is 24.7. The van der Waals surface area contributed by atoms with Crippen LogP contribution in [0.4, 0.5) is 0 Å². The molecule has 0 amide bonds. The number of rotatable bonds is 16. The van der Waals surface area contributed by atoms with Gasteiger partial charge in [-0.15, -0.1) is 18.7 Å². The number of hydrogen-bond acceptors (Lipinski definition) is 2. The van der Waals surface area contributed by atoms with Crippen LogP contribution in [-0.4, -0.2) is 19.8 Å². The summed E-state index contributed by atoms with van der Waals surface area (Å²) in [7, 11) is 0. The van der Waals surface area contributed by atoms with Crippen molar-refractivity contribution in [1.29, 1.82) is 0 Å². The molecule has 2 aromatic heterocycles. The summed E-state index contributed by atoms with van der Waals surface area (Å²) in [5.74, 6) is 0. The van der Waals surface area contributed by atoms with Gasteiger partial charge in [-0.05, 0) is 38.5 Å². The van der Waals surface area contributed by atoms with Gasteiger partial charge in [0.1, 0.15) is 26.2 Å². The van der Waals surface area contributed by atoms with Crippen molar-refractivity contribution in [3.05, 3.63) is 22.8 Å². The highest BCUT2D eigenvalue weighted by molar-refractivity contribution is 5.14. The van der Waals surface area contributed by atoms with Crippen molar-refractivity contribution in [2.75, 3.05) is 0 Å². The zero-order chi connectivity index (χ0) is 26.1. The Bertz CT molecular complexity index is 893. The summed E-state index contributed by atoms with van der Waals surface area (Å²) < 4.78 is 9.64. The minimum atomic E-state index is 0.308. The van der Waals surface area contributed by atoms with Crippen molar-refractivity contribution >= 4 is 0 Å². The maximum atomic E-state index is 5.21. The van der Waals surface area contributed by atoms with Gasteiger partial charge < -0.3 is 0 Å². The van der Waals surface area contributed by atoms with Crippen LogP contribution >= 0.6 is 0 Å². The number of aromatic nitrogens is 6. The Labute approximate surface area is 226 Å². The lowest BCUT2D eigenvalue weighted by atomic mass is 9.74. The van der Waals surface area contributed by atoms with Gasteiger partial charge in [-0.2, -0.15) is 0 Å². The van der Waals surface area contributed by atoms with E-state index in [9.17, 15) is 0 Å². The van der Waals surface area contributed by atoms with Crippen molar-refractivity contribution in [2.24, 2.45) is 5.41 Å². The van der Waals surface area contributed by atoms with Crippen molar-refractivity contribution in [3.8, 4) is 0 Å². The van der Waals surface area contributed by atoms with Gasteiger partial charge >= 0.3 is 0 Å². The Morgan fingerprint density at radius 1 is 0.595 bits per heavy atom. The molecule has 4 heterocycles. The largest absolute Gasteiger partial charge is 0.170 e. The Hall–Kier alpha value is -1.72. The summed E-state index contributed by atoms with van der Waals surface area (Å²) in [5, 5.41) is 10.4. The quantitative estimate of drug-likeness (QED) is 0.202. The molecule has 208 valence electrons. The predicted molar refractivity (Wildman–Crippen MR) is 149 cm³/mol. The van der Waals surface area contributed by atoms with Crippen molar-refractivity contribution in [1.82, 2.24) is 19.8 Å². The zero-order valence-electron chi connectivity index (χ0n) is 24.7. The average molecular weight is 513 g/mol. The molecular weight excluding hydrogens is 456 g/mol. The van der Waals surface area contributed by atoms with Gasteiger partial charge in [0.2, 0.25) is 0 Å². The van der Waals surface area contributed by atoms with E-state index in [4.69, 9.17) is 10.4 Å². The minimum absolute atomic E-state index is 0.308. The summed E-state index contributed by atoms with van der Waals surface area (Å²) in [4.78, 5) is 0. The first-order valence-corrected chi connectivity index (χ1v) is 16.1. The third-order valence-electron chi connectivity index (χ3n) is 9.08. The molecule has 37 heavy (non-hydrogen) atoms. The highest BCUT2D eigenvalue weighted by Gasteiger charge is 2.47. The first-order chi connectivity index (χ1) is 18.1. The fraction of sp³-hybridized carbons (Fsp3) is 0.871. The van der Waals surface area contributed by atoms with Crippen molar-refractivity contribution in [3.63, 3.8) is 0 Å². The Morgan fingerprint density at radius 2 is 1.03 bits per heavy atom. The van der Waals surface area contributed by atoms with Crippen LogP contribution in [0.5, 0.6) is 0 Å². The maximum Gasteiger partial charge on any atom is 0.170 e. The fourth-order valence-corrected chi connectivity index (χ4v) is 6.73. The van der Waals surface area contributed by atoms with Crippen LogP contribution < -0.4 is 9.36 Å². The summed E-state index contributed by atoms with van der Waals surface area (Å²) in [6.45, 7) is 13.5. The summed E-state index contributed by atoms with van der Waals surface area (Å²) in [6.07, 6.45) is 22.9. The smallest absolute Gasteiger partial charge is 0.134 e. The molecule has 0 saturated heterocycles. The first kappa shape index (κ1) is 28.3. The highest BCUT2D eigenvalue weighted by Crippen LogP contribution is 2.41. The lowest BCUT2D eigenvalue weighted by molar-refractivity contribution is -0.762. The van der Waals surface area contributed by atoms with Crippen LogP contribution in [0.15, 0.2) is 0 Å². The first-order valence-electron chi connectivity index (χ1n) is 16.1. The lowest BCUT2D eigenvalue weighted by Crippen LogP contribution is -2.43. The van der Waals surface area contributed by atoms with E-state index in [2.05, 4.69) is 46.4 Å². The van der Waals surface area contributed by atoms with E-state index in [1.807, 2.05) is 0 Å². The van der Waals surface area contributed by atoms with Crippen LogP contribution in [0.2, 0.25) is 0 Å². The van der Waals surface area contributed by atoms with E-state index in [-0.39, 0.29) is 0 Å². The second-order valence-electron chi connectivity index (χ2n) is 12.2. The normalized spacial score (nSPS) is 16.3. The van der Waals surface area contributed by atoms with E-state index in [0.717, 1.165) is 26.2 Å². The Kier molecular flexibility index (Phi) is 10.6. The SMILES string of the molecule is CCCCCCc1c2n(n[n+]1CCCC)CC1(CC2)CCc2c(CCCCCC)[n+](CCCC)nn2C1. The van der Waals surface area contributed by atoms with Gasteiger partial charge in [-0.25, -0.2) is 0 Å². The van der Waals surface area contributed by atoms with Gasteiger partial charge in [-0.1, -0.05) is 79.1 Å². The van der Waals surface area contributed by atoms with E-state index < -0.39 is 0 Å². The van der Waals surface area contributed by atoms with Gasteiger partial charge in [0.15, 0.2) is 22.8 Å². The molecule has 0 unspecified atom stereocenters. The molecule has 2 aliphatic heterocycles. The summed E-state index contributed by atoms with van der Waals surface area (Å²) >= 11 is 0. The van der Waals surface area contributed by atoms with Crippen LogP contribution in [0.3, 0.4) is 0 Å². The summed E-state index contributed by atoms with van der Waals surface area (Å²) in [5.41, 5.74) is 6.48. The summed E-state index contributed by atoms with van der Waals surface area (Å²) in [6, 6.07) is 0. The number of fused-ring (bicyclic) bond motifs is 2. The van der Waals surface area contributed by atoms with Crippen molar-refractivity contribution < 1.29 is 9.36 Å². The number of aryl methyl sites for hydroxylation is 2. The molecule has 0 aliphatic carbocycles. The molecule has 0 bridgehead atoms. The third-order valence-corrected chi connectivity index (χ3v) is 9.08. The van der Waals surface area contributed by atoms with E-state index >= 15 is 0 Å². The molecule has 2 aromatic rings. The number of hydrogen-bond donors (Lipinski definition) is 0. The van der Waals surface area contributed by atoms with Crippen LogP contribution in [0, 0.1) is 5.41 Å². The van der Waals surface area contributed by atoms with E-state index in [0.29, 0.717) is 5.41 Å². The molecule has 0 aromatic carbocycles. The van der Waals surface area contributed by atoms with Crippen molar-refractivity contribution in [2.45, 2.75) is 169 Å². The van der Waals surface area contributed by atoms with Gasteiger partial charge in [0.25, 0.3) is 0 Å². The molecule has 0 radical (unpaired) electrons. The monoisotopic (exact) mass is 512 g/mol. The topological polar surface area (TPSA) is 43.4 Å².